The van der Waals surface area contributed by atoms with Crippen LogP contribution >= 0.6 is 0 Å². The van der Waals surface area contributed by atoms with Crippen molar-refractivity contribution >= 4 is 65.6 Å². The van der Waals surface area contributed by atoms with Crippen molar-refractivity contribution < 1.29 is 4.42 Å². The first-order valence-electron chi connectivity index (χ1n) is 19.5. The van der Waals surface area contributed by atoms with Crippen LogP contribution in [0.25, 0.3) is 111 Å². The molecule has 4 heterocycles. The molecule has 0 fully saturated rings. The van der Waals surface area contributed by atoms with E-state index in [1.807, 2.05) is 48.5 Å². The zero-order valence-electron chi connectivity index (χ0n) is 31.4. The number of hydrogen-bond acceptors (Lipinski definition) is 5. The van der Waals surface area contributed by atoms with Crippen molar-refractivity contribution in [3.63, 3.8) is 0 Å². The van der Waals surface area contributed by atoms with Gasteiger partial charge in [-0.25, -0.2) is 15.0 Å². The Balaban J connectivity index is 1.14. The molecule has 4 aromatic heterocycles. The second-order valence-electron chi connectivity index (χ2n) is 14.7. The summed E-state index contributed by atoms with van der Waals surface area (Å²) in [5.41, 5.74) is 11.3. The van der Waals surface area contributed by atoms with Crippen LogP contribution in [-0.4, -0.2) is 24.1 Å². The molecule has 12 aromatic rings. The van der Waals surface area contributed by atoms with Crippen molar-refractivity contribution in [1.29, 1.82) is 5.26 Å². The van der Waals surface area contributed by atoms with Crippen LogP contribution in [-0.2, 0) is 0 Å². The molecule has 0 atom stereocenters. The maximum atomic E-state index is 9.41. The predicted molar refractivity (Wildman–Crippen MR) is 237 cm³/mol. The van der Waals surface area contributed by atoms with Gasteiger partial charge in [-0.1, -0.05) is 103 Å². The average Bonchev–Trinajstić information content (AvgIpc) is 3.98. The minimum Gasteiger partial charge on any atom is -0.454 e. The van der Waals surface area contributed by atoms with E-state index in [4.69, 9.17) is 19.4 Å². The molecule has 0 saturated carbocycles. The van der Waals surface area contributed by atoms with Crippen LogP contribution in [0.5, 0.6) is 0 Å². The fourth-order valence-electron chi connectivity index (χ4n) is 8.80. The van der Waals surface area contributed by atoms with Gasteiger partial charge in [-0.3, -0.25) is 0 Å². The number of furan rings is 1. The van der Waals surface area contributed by atoms with Crippen molar-refractivity contribution in [2.24, 2.45) is 0 Å². The van der Waals surface area contributed by atoms with Gasteiger partial charge in [-0.15, -0.1) is 0 Å². The van der Waals surface area contributed by atoms with Crippen LogP contribution in [0.2, 0.25) is 0 Å². The van der Waals surface area contributed by atoms with Gasteiger partial charge in [0, 0.05) is 55.0 Å². The Bertz CT molecular complexity index is 3650. The zero-order valence-corrected chi connectivity index (χ0v) is 31.4. The minimum atomic E-state index is 0.540. The quantitative estimate of drug-likeness (QED) is 0.175. The second kappa shape index (κ2) is 12.8. The Morgan fingerprint density at radius 1 is 0.407 bits per heavy atom. The molecule has 0 radical (unpaired) electrons. The molecular formula is C52H30N6O. The van der Waals surface area contributed by atoms with Crippen molar-refractivity contribution in [2.75, 3.05) is 0 Å². The third kappa shape index (κ3) is 4.97. The summed E-state index contributed by atoms with van der Waals surface area (Å²) in [6.07, 6.45) is 0. The highest BCUT2D eigenvalue weighted by molar-refractivity contribution is 6.39. The standard InChI is InChI=1S/C52H30N6O/c53-31-32-23-25-34(26-24-32)51-54-50(33-13-3-1-4-14-33)55-52(56-51)35-27-29-37(30-28-35)57-41-20-10-7-17-38(41)44-45-39-18-8-11-21-42(39)58(36-15-5-2-6-16-36)48(45)49-46(47(44)57)40-19-9-12-22-43(40)59-49/h1-30H. The van der Waals surface area contributed by atoms with Crippen molar-refractivity contribution in [3.05, 3.63) is 188 Å². The molecule has 0 aliphatic heterocycles. The van der Waals surface area contributed by atoms with Crippen LogP contribution in [0.4, 0.5) is 0 Å². The number of aromatic nitrogens is 5. The first kappa shape index (κ1) is 32.9. The highest BCUT2D eigenvalue weighted by Crippen LogP contribution is 2.49. The zero-order chi connectivity index (χ0) is 39.0. The fourth-order valence-corrected chi connectivity index (χ4v) is 8.80. The van der Waals surface area contributed by atoms with Crippen molar-refractivity contribution in [2.45, 2.75) is 0 Å². The van der Waals surface area contributed by atoms with Crippen LogP contribution in [0.15, 0.2) is 186 Å². The molecule has 0 aliphatic rings. The summed E-state index contributed by atoms with van der Waals surface area (Å²) in [4.78, 5) is 14.8. The number of nitriles is 1. The number of benzene rings is 8. The van der Waals surface area contributed by atoms with Crippen molar-refractivity contribution in [1.82, 2.24) is 24.1 Å². The summed E-state index contributed by atoms with van der Waals surface area (Å²) in [6.45, 7) is 0. The topological polar surface area (TPSA) is 85.5 Å². The molecule has 7 nitrogen and oxygen atoms in total. The molecule has 274 valence electrons. The maximum absolute atomic E-state index is 9.41. The summed E-state index contributed by atoms with van der Waals surface area (Å²) in [6, 6.07) is 64.3. The smallest absolute Gasteiger partial charge is 0.164 e. The van der Waals surface area contributed by atoms with Gasteiger partial charge in [0.25, 0.3) is 0 Å². The van der Waals surface area contributed by atoms with Gasteiger partial charge in [0.1, 0.15) is 5.58 Å². The van der Waals surface area contributed by atoms with Gasteiger partial charge in [-0.05, 0) is 78.9 Å². The van der Waals surface area contributed by atoms with Gasteiger partial charge >= 0.3 is 0 Å². The van der Waals surface area contributed by atoms with Gasteiger partial charge in [-0.2, -0.15) is 5.26 Å². The van der Waals surface area contributed by atoms with Crippen LogP contribution in [0.1, 0.15) is 5.56 Å². The molecule has 0 bridgehead atoms. The molecule has 8 aromatic carbocycles. The average molecular weight is 755 g/mol. The lowest BCUT2D eigenvalue weighted by molar-refractivity contribution is 0.671. The van der Waals surface area contributed by atoms with E-state index < -0.39 is 0 Å². The van der Waals surface area contributed by atoms with Gasteiger partial charge in [0.05, 0.1) is 39.1 Å². The number of rotatable bonds is 5. The molecule has 7 heteroatoms. The molecule has 0 unspecified atom stereocenters. The Morgan fingerprint density at radius 2 is 0.864 bits per heavy atom. The van der Waals surface area contributed by atoms with Gasteiger partial charge in [0.15, 0.2) is 23.1 Å². The number of hydrogen-bond donors (Lipinski definition) is 0. The maximum Gasteiger partial charge on any atom is 0.164 e. The van der Waals surface area contributed by atoms with Gasteiger partial charge in [0.2, 0.25) is 0 Å². The van der Waals surface area contributed by atoms with E-state index >= 15 is 0 Å². The molecule has 0 N–H and O–H groups in total. The Morgan fingerprint density at radius 3 is 1.47 bits per heavy atom. The second-order valence-corrected chi connectivity index (χ2v) is 14.7. The molecule has 0 spiro atoms. The van der Waals surface area contributed by atoms with Crippen LogP contribution in [0.3, 0.4) is 0 Å². The van der Waals surface area contributed by atoms with Crippen LogP contribution < -0.4 is 0 Å². The summed E-state index contributed by atoms with van der Waals surface area (Å²) in [5.74, 6) is 1.68. The van der Waals surface area contributed by atoms with Crippen LogP contribution in [0, 0.1) is 11.3 Å². The first-order valence-corrected chi connectivity index (χ1v) is 19.5. The largest absolute Gasteiger partial charge is 0.454 e. The Labute approximate surface area is 337 Å². The lowest BCUT2D eigenvalue weighted by Gasteiger charge is -2.12. The number of fused-ring (bicyclic) bond motifs is 12. The van der Waals surface area contributed by atoms with E-state index in [2.05, 4.69) is 137 Å². The monoisotopic (exact) mass is 754 g/mol. The predicted octanol–water partition coefficient (Wildman–Crippen LogP) is 12.8. The van der Waals surface area contributed by atoms with Crippen molar-refractivity contribution in [3.8, 4) is 51.6 Å². The normalized spacial score (nSPS) is 11.7. The highest BCUT2D eigenvalue weighted by atomic mass is 16.3. The SMILES string of the molecule is N#Cc1ccc(-c2nc(-c3ccccc3)nc(-c3ccc(-n4c5ccccc5c5c6c7ccccc7n(-c7ccccc7)c6c6oc7ccccc7c6c54)cc3)n2)cc1. The van der Waals surface area contributed by atoms with E-state index in [9.17, 15) is 5.26 Å². The Kier molecular flexibility index (Phi) is 7.16. The number of para-hydroxylation sites is 4. The number of nitrogens with zero attached hydrogens (tertiary/aromatic N) is 6. The summed E-state index contributed by atoms with van der Waals surface area (Å²) in [7, 11) is 0. The highest BCUT2D eigenvalue weighted by Gasteiger charge is 2.27. The summed E-state index contributed by atoms with van der Waals surface area (Å²) < 4.78 is 11.7. The lowest BCUT2D eigenvalue weighted by Crippen LogP contribution is -2.00. The molecule has 0 amide bonds. The van der Waals surface area contributed by atoms with E-state index in [0.717, 1.165) is 82.8 Å². The third-order valence-corrected chi connectivity index (χ3v) is 11.4. The Hall–Kier alpha value is -8.34. The van der Waals surface area contributed by atoms with E-state index in [1.165, 1.54) is 10.8 Å². The molecule has 0 saturated heterocycles. The minimum absolute atomic E-state index is 0.540. The summed E-state index contributed by atoms with van der Waals surface area (Å²) >= 11 is 0. The molecular weight excluding hydrogens is 725 g/mol. The third-order valence-electron chi connectivity index (χ3n) is 11.4. The molecule has 0 aliphatic carbocycles. The first-order chi connectivity index (χ1) is 29.2. The fraction of sp³-hybridized carbons (Fsp3) is 0. The molecule has 59 heavy (non-hydrogen) atoms. The van der Waals surface area contributed by atoms with E-state index in [1.54, 1.807) is 12.1 Å². The van der Waals surface area contributed by atoms with Gasteiger partial charge < -0.3 is 13.6 Å². The van der Waals surface area contributed by atoms with E-state index in [0.29, 0.717) is 23.0 Å². The van der Waals surface area contributed by atoms with E-state index in [-0.39, 0.29) is 0 Å². The lowest BCUT2D eigenvalue weighted by atomic mass is 10.0. The molecule has 12 rings (SSSR count). The summed E-state index contributed by atoms with van der Waals surface area (Å²) in [5, 5.41) is 16.2.